The monoisotopic (exact) mass is 339 g/mol. The summed E-state index contributed by atoms with van der Waals surface area (Å²) in [5.74, 6) is -0.199. The molecule has 130 valence electrons. The zero-order chi connectivity index (χ0) is 18.0. The maximum atomic E-state index is 13.2. The molecule has 0 radical (unpaired) electrons. The van der Waals surface area contributed by atoms with Gasteiger partial charge in [-0.3, -0.25) is 9.59 Å². The van der Waals surface area contributed by atoms with Gasteiger partial charge in [-0.05, 0) is 48.7 Å². The van der Waals surface area contributed by atoms with Crippen LogP contribution in [0.3, 0.4) is 0 Å². The molecule has 1 atom stereocenters. The maximum Gasteiger partial charge on any atom is 0.322 e. The molecule has 0 amide bonds. The van der Waals surface area contributed by atoms with Crippen LogP contribution in [0.2, 0.25) is 0 Å². The number of aryl methyl sites for hydroxylation is 1. The number of benzene rings is 2. The third-order valence-corrected chi connectivity index (χ3v) is 4.66. The van der Waals surface area contributed by atoms with E-state index in [1.807, 2.05) is 38.1 Å². The molecule has 5 heteroatoms. The number of fused-ring (bicyclic) bond motifs is 1. The second-order valence-electron chi connectivity index (χ2n) is 6.34. The number of rotatable bonds is 6. The van der Waals surface area contributed by atoms with E-state index >= 15 is 0 Å². The Bertz CT molecular complexity index is 803. The van der Waals surface area contributed by atoms with Crippen LogP contribution in [0.25, 0.3) is 0 Å². The number of carbonyl (C=O) groups excluding carboxylic acids is 1. The fourth-order valence-electron chi connectivity index (χ4n) is 3.23. The van der Waals surface area contributed by atoms with Crippen molar-refractivity contribution in [2.45, 2.75) is 32.3 Å². The van der Waals surface area contributed by atoms with Gasteiger partial charge >= 0.3 is 5.97 Å². The summed E-state index contributed by atoms with van der Waals surface area (Å²) in [6, 6.07) is 13.0. The van der Waals surface area contributed by atoms with Gasteiger partial charge in [0.25, 0.3) is 0 Å². The summed E-state index contributed by atoms with van der Waals surface area (Å²) < 4.78 is 6.07. The number of ketones is 1. The highest BCUT2D eigenvalue weighted by molar-refractivity contribution is 6.04. The molecule has 2 N–H and O–H groups in total. The predicted molar refractivity (Wildman–Crippen MR) is 95.4 cm³/mol. The molecule has 0 aliphatic carbocycles. The minimum atomic E-state index is -0.929. The zero-order valence-electron chi connectivity index (χ0n) is 14.3. The Hall–Kier alpha value is -2.82. The van der Waals surface area contributed by atoms with Gasteiger partial charge in [0.05, 0.1) is 0 Å². The van der Waals surface area contributed by atoms with Crippen molar-refractivity contribution in [2.24, 2.45) is 0 Å². The van der Waals surface area contributed by atoms with Crippen LogP contribution in [-0.2, 0) is 11.2 Å². The lowest BCUT2D eigenvalue weighted by atomic mass is 9.86. The summed E-state index contributed by atoms with van der Waals surface area (Å²) in [5.41, 5.74) is 2.29. The van der Waals surface area contributed by atoms with Crippen molar-refractivity contribution in [3.05, 3.63) is 59.2 Å². The van der Waals surface area contributed by atoms with Gasteiger partial charge < -0.3 is 15.2 Å². The van der Waals surface area contributed by atoms with Gasteiger partial charge in [-0.25, -0.2) is 0 Å². The smallest absolute Gasteiger partial charge is 0.322 e. The van der Waals surface area contributed by atoms with E-state index in [-0.39, 0.29) is 12.3 Å². The Morgan fingerprint density at radius 3 is 2.64 bits per heavy atom. The molecule has 0 aromatic heterocycles. The minimum Gasteiger partial charge on any atom is -0.480 e. The first-order valence-corrected chi connectivity index (χ1v) is 8.33. The van der Waals surface area contributed by atoms with Gasteiger partial charge in [-0.1, -0.05) is 25.1 Å². The van der Waals surface area contributed by atoms with Gasteiger partial charge in [0.2, 0.25) is 5.78 Å². The summed E-state index contributed by atoms with van der Waals surface area (Å²) in [6.45, 7) is 3.65. The predicted octanol–water partition coefficient (Wildman–Crippen LogP) is 3.46. The van der Waals surface area contributed by atoms with Crippen molar-refractivity contribution >= 4 is 17.4 Å². The number of aliphatic carboxylic acids is 1. The molecule has 1 aliphatic heterocycles. The lowest BCUT2D eigenvalue weighted by molar-refractivity contribution is -0.134. The van der Waals surface area contributed by atoms with E-state index in [2.05, 4.69) is 5.32 Å². The van der Waals surface area contributed by atoms with Crippen LogP contribution in [0.1, 0.15) is 34.8 Å². The Morgan fingerprint density at radius 2 is 2.00 bits per heavy atom. The fraction of sp³-hybridized carbons (Fsp3) is 0.300. The molecule has 0 saturated carbocycles. The third-order valence-electron chi connectivity index (χ3n) is 4.66. The lowest BCUT2D eigenvalue weighted by Gasteiger charge is -2.26. The fourth-order valence-corrected chi connectivity index (χ4v) is 3.23. The molecule has 1 unspecified atom stereocenters. The van der Waals surface area contributed by atoms with Crippen LogP contribution in [0.4, 0.5) is 5.69 Å². The Labute approximate surface area is 146 Å². The molecule has 2 aromatic carbocycles. The first-order chi connectivity index (χ1) is 11.9. The molecule has 0 bridgehead atoms. The average molecular weight is 339 g/mol. The van der Waals surface area contributed by atoms with Crippen molar-refractivity contribution in [2.75, 3.05) is 11.9 Å². The molecule has 1 heterocycles. The summed E-state index contributed by atoms with van der Waals surface area (Å²) in [5, 5.41) is 11.6. The van der Waals surface area contributed by atoms with Crippen molar-refractivity contribution < 1.29 is 19.4 Å². The van der Waals surface area contributed by atoms with Crippen molar-refractivity contribution in [3.63, 3.8) is 0 Å². The Balaban J connectivity index is 1.85. The zero-order valence-corrected chi connectivity index (χ0v) is 14.3. The van der Waals surface area contributed by atoms with E-state index in [9.17, 15) is 9.59 Å². The summed E-state index contributed by atoms with van der Waals surface area (Å²) in [7, 11) is 0. The molecular formula is C20H21NO4. The largest absolute Gasteiger partial charge is 0.480 e. The normalized spacial score (nSPS) is 18.3. The molecule has 0 saturated heterocycles. The third kappa shape index (κ3) is 3.22. The number of hydrogen-bond acceptors (Lipinski definition) is 4. The number of carboxylic acids is 1. The van der Waals surface area contributed by atoms with Crippen LogP contribution in [-0.4, -0.2) is 29.0 Å². The molecule has 0 spiro atoms. The summed E-state index contributed by atoms with van der Waals surface area (Å²) >= 11 is 0. The number of Topliss-reactive ketones (excluding diaryl/α,β-unsaturated/α-hetero) is 1. The van der Waals surface area contributed by atoms with Crippen LogP contribution in [0.15, 0.2) is 42.5 Å². The van der Waals surface area contributed by atoms with Crippen molar-refractivity contribution in [1.82, 2.24) is 0 Å². The molecule has 5 nitrogen and oxygen atoms in total. The minimum absolute atomic E-state index is 0.0425. The molecular weight excluding hydrogens is 318 g/mol. The lowest BCUT2D eigenvalue weighted by Crippen LogP contribution is -2.42. The first kappa shape index (κ1) is 17.0. The van der Waals surface area contributed by atoms with Crippen LogP contribution in [0, 0.1) is 6.92 Å². The van der Waals surface area contributed by atoms with Crippen LogP contribution < -0.4 is 10.1 Å². The second-order valence-corrected chi connectivity index (χ2v) is 6.34. The van der Waals surface area contributed by atoms with Gasteiger partial charge in [0, 0.05) is 17.7 Å². The topological polar surface area (TPSA) is 75.6 Å². The van der Waals surface area contributed by atoms with Crippen molar-refractivity contribution in [1.29, 1.82) is 0 Å². The molecule has 25 heavy (non-hydrogen) atoms. The van der Waals surface area contributed by atoms with Gasteiger partial charge in [-0.2, -0.15) is 0 Å². The van der Waals surface area contributed by atoms with E-state index < -0.39 is 11.6 Å². The molecule has 3 rings (SSSR count). The Morgan fingerprint density at radius 1 is 1.24 bits per heavy atom. The number of anilines is 1. The van der Waals surface area contributed by atoms with E-state index in [0.717, 1.165) is 16.9 Å². The SMILES string of the molecule is CCC1(C(=O)c2ccc(NCC(=O)O)c(C)c2)Cc2ccccc2O1. The first-order valence-electron chi connectivity index (χ1n) is 8.33. The number of carboxylic acid groups (broad SMARTS) is 1. The molecule has 0 fully saturated rings. The summed E-state index contributed by atoms with van der Waals surface area (Å²) in [6.07, 6.45) is 1.15. The standard InChI is InChI=1S/C20H21NO4/c1-3-20(11-15-6-4-5-7-17(15)25-20)19(24)14-8-9-16(13(2)10-14)21-12-18(22)23/h4-10,21H,3,11-12H2,1-2H3,(H,22,23). The van der Waals surface area contributed by atoms with E-state index in [4.69, 9.17) is 9.84 Å². The number of hydrogen-bond donors (Lipinski definition) is 2. The second kappa shape index (κ2) is 6.59. The maximum absolute atomic E-state index is 13.2. The van der Waals surface area contributed by atoms with Gasteiger partial charge in [0.1, 0.15) is 12.3 Å². The average Bonchev–Trinajstić information content (AvgIpc) is 3.00. The van der Waals surface area contributed by atoms with Crippen LogP contribution in [0.5, 0.6) is 5.75 Å². The highest BCUT2D eigenvalue weighted by atomic mass is 16.5. The van der Waals surface area contributed by atoms with E-state index in [1.165, 1.54) is 0 Å². The number of para-hydroxylation sites is 1. The Kier molecular flexibility index (Phi) is 4.49. The van der Waals surface area contributed by atoms with Gasteiger partial charge in [-0.15, -0.1) is 0 Å². The number of nitrogens with one attached hydrogen (secondary N) is 1. The van der Waals surface area contributed by atoms with Crippen LogP contribution >= 0.6 is 0 Å². The van der Waals surface area contributed by atoms with Crippen molar-refractivity contribution in [3.8, 4) is 5.75 Å². The molecule has 2 aromatic rings. The quantitative estimate of drug-likeness (QED) is 0.788. The van der Waals surface area contributed by atoms with E-state index in [0.29, 0.717) is 24.1 Å². The van der Waals surface area contributed by atoms with E-state index in [1.54, 1.807) is 18.2 Å². The number of ether oxygens (including phenoxy) is 1. The summed E-state index contributed by atoms with van der Waals surface area (Å²) in [4.78, 5) is 23.8. The van der Waals surface area contributed by atoms with Gasteiger partial charge in [0.15, 0.2) is 5.60 Å². The highest BCUT2D eigenvalue weighted by Gasteiger charge is 2.44. The highest BCUT2D eigenvalue weighted by Crippen LogP contribution is 2.39. The molecule has 1 aliphatic rings. The number of carbonyl (C=O) groups is 2.